The Morgan fingerprint density at radius 1 is 1.17 bits per heavy atom. The van der Waals surface area contributed by atoms with Gasteiger partial charge in [-0.05, 0) is 43.2 Å². The molecule has 0 spiro atoms. The first kappa shape index (κ1) is 16.0. The molecule has 0 bridgehead atoms. The van der Waals surface area contributed by atoms with E-state index in [-0.39, 0.29) is 0 Å². The number of hydrogen-bond acceptors (Lipinski definition) is 2. The van der Waals surface area contributed by atoms with E-state index in [0.717, 1.165) is 6.54 Å². The fraction of sp³-hybridized carbons (Fsp3) is 1.00. The Kier molecular flexibility index (Phi) is 5.67. The lowest BCUT2D eigenvalue weighted by atomic mass is 9.85. The van der Waals surface area contributed by atoms with Gasteiger partial charge >= 0.3 is 0 Å². The zero-order chi connectivity index (χ0) is 13.8. The first-order valence-corrected chi connectivity index (χ1v) is 7.66. The van der Waals surface area contributed by atoms with Gasteiger partial charge in [-0.1, -0.05) is 41.5 Å². The van der Waals surface area contributed by atoms with Gasteiger partial charge in [0.2, 0.25) is 0 Å². The summed E-state index contributed by atoms with van der Waals surface area (Å²) in [5.41, 5.74) is 0.924. The zero-order valence-corrected chi connectivity index (χ0v) is 13.5. The largest absolute Gasteiger partial charge is 0.314 e. The molecule has 0 radical (unpaired) electrons. The summed E-state index contributed by atoms with van der Waals surface area (Å²) >= 11 is 0. The Morgan fingerprint density at radius 2 is 1.83 bits per heavy atom. The van der Waals surface area contributed by atoms with Gasteiger partial charge < -0.3 is 10.2 Å². The van der Waals surface area contributed by atoms with E-state index in [9.17, 15) is 0 Å². The molecule has 1 aliphatic heterocycles. The highest BCUT2D eigenvalue weighted by molar-refractivity contribution is 4.81. The summed E-state index contributed by atoms with van der Waals surface area (Å²) in [7, 11) is 0. The molecule has 1 rings (SSSR count). The van der Waals surface area contributed by atoms with Crippen LogP contribution in [0.1, 0.15) is 60.8 Å². The second-order valence-corrected chi connectivity index (χ2v) is 7.99. The molecule has 1 fully saturated rings. The molecule has 0 aromatic carbocycles. The molecule has 18 heavy (non-hydrogen) atoms. The van der Waals surface area contributed by atoms with Crippen LogP contribution in [0.5, 0.6) is 0 Å². The molecule has 1 aliphatic rings. The van der Waals surface area contributed by atoms with E-state index in [0.29, 0.717) is 16.9 Å². The highest BCUT2D eigenvalue weighted by Crippen LogP contribution is 2.30. The summed E-state index contributed by atoms with van der Waals surface area (Å²) < 4.78 is 0. The monoisotopic (exact) mass is 254 g/mol. The fourth-order valence-corrected chi connectivity index (χ4v) is 2.78. The summed E-state index contributed by atoms with van der Waals surface area (Å²) in [5.74, 6) is 0. The molecular formula is C16H34N2. The normalized spacial score (nSPS) is 22.2. The van der Waals surface area contributed by atoms with Gasteiger partial charge in [0.05, 0.1) is 0 Å². The molecule has 0 unspecified atom stereocenters. The molecule has 0 aliphatic carbocycles. The third-order valence-corrected chi connectivity index (χ3v) is 4.07. The number of likely N-dealkylation sites (tertiary alicyclic amines) is 1. The maximum absolute atomic E-state index is 3.58. The minimum absolute atomic E-state index is 0.374. The topological polar surface area (TPSA) is 15.3 Å². The van der Waals surface area contributed by atoms with Crippen molar-refractivity contribution >= 4 is 0 Å². The summed E-state index contributed by atoms with van der Waals surface area (Å²) in [6.07, 6.45) is 4.09. The molecule has 1 saturated heterocycles. The fourth-order valence-electron chi connectivity index (χ4n) is 2.78. The lowest BCUT2D eigenvalue weighted by Crippen LogP contribution is -2.42. The molecule has 2 nitrogen and oxygen atoms in total. The standard InChI is InChI=1S/C16H34N2/c1-14(2)17-12-16(5,6)13-18-10-7-8-15(3,4)9-11-18/h14,17H,7-13H2,1-6H3. The van der Waals surface area contributed by atoms with E-state index in [4.69, 9.17) is 0 Å². The van der Waals surface area contributed by atoms with E-state index in [1.807, 2.05) is 0 Å². The maximum Gasteiger partial charge on any atom is 0.00448 e. The van der Waals surface area contributed by atoms with Crippen LogP contribution in [0.3, 0.4) is 0 Å². The molecule has 2 heteroatoms. The highest BCUT2D eigenvalue weighted by Gasteiger charge is 2.27. The van der Waals surface area contributed by atoms with Gasteiger partial charge in [0.15, 0.2) is 0 Å². The van der Waals surface area contributed by atoms with Crippen LogP contribution in [0.25, 0.3) is 0 Å². The van der Waals surface area contributed by atoms with Crippen LogP contribution < -0.4 is 5.32 Å². The Bertz CT molecular complexity index is 243. The van der Waals surface area contributed by atoms with Crippen molar-refractivity contribution in [2.24, 2.45) is 10.8 Å². The van der Waals surface area contributed by atoms with Crippen molar-refractivity contribution in [3.8, 4) is 0 Å². The van der Waals surface area contributed by atoms with E-state index in [1.54, 1.807) is 0 Å². The Morgan fingerprint density at radius 3 is 2.44 bits per heavy atom. The Balaban J connectivity index is 2.41. The predicted molar refractivity (Wildman–Crippen MR) is 81.0 cm³/mol. The van der Waals surface area contributed by atoms with E-state index < -0.39 is 0 Å². The molecule has 1 N–H and O–H groups in total. The van der Waals surface area contributed by atoms with Gasteiger partial charge in [-0.15, -0.1) is 0 Å². The summed E-state index contributed by atoms with van der Waals surface area (Å²) in [6, 6.07) is 0.590. The lowest BCUT2D eigenvalue weighted by molar-refractivity contribution is 0.171. The van der Waals surface area contributed by atoms with E-state index in [2.05, 4.69) is 51.8 Å². The van der Waals surface area contributed by atoms with Crippen LogP contribution in [-0.2, 0) is 0 Å². The van der Waals surface area contributed by atoms with Gasteiger partial charge in [0, 0.05) is 19.1 Å². The van der Waals surface area contributed by atoms with E-state index in [1.165, 1.54) is 38.9 Å². The van der Waals surface area contributed by atoms with Gasteiger partial charge in [-0.3, -0.25) is 0 Å². The third kappa shape index (κ3) is 6.19. The van der Waals surface area contributed by atoms with Crippen LogP contribution in [0.4, 0.5) is 0 Å². The predicted octanol–water partition coefficient (Wildman–Crippen LogP) is 3.52. The highest BCUT2D eigenvalue weighted by atomic mass is 15.1. The van der Waals surface area contributed by atoms with Crippen LogP contribution in [0.2, 0.25) is 0 Å². The van der Waals surface area contributed by atoms with Crippen LogP contribution in [0.15, 0.2) is 0 Å². The van der Waals surface area contributed by atoms with Gasteiger partial charge in [0.1, 0.15) is 0 Å². The molecule has 0 aromatic rings. The van der Waals surface area contributed by atoms with Crippen molar-refractivity contribution in [3.63, 3.8) is 0 Å². The average molecular weight is 254 g/mol. The molecule has 0 saturated carbocycles. The number of rotatable bonds is 5. The van der Waals surface area contributed by atoms with Crippen molar-refractivity contribution in [2.45, 2.75) is 66.8 Å². The van der Waals surface area contributed by atoms with Crippen LogP contribution in [0, 0.1) is 10.8 Å². The van der Waals surface area contributed by atoms with Gasteiger partial charge in [0.25, 0.3) is 0 Å². The first-order valence-electron chi connectivity index (χ1n) is 7.66. The minimum atomic E-state index is 0.374. The number of hydrogen-bond donors (Lipinski definition) is 1. The van der Waals surface area contributed by atoms with Crippen molar-refractivity contribution in [1.29, 1.82) is 0 Å². The van der Waals surface area contributed by atoms with Crippen molar-refractivity contribution in [1.82, 2.24) is 10.2 Å². The lowest BCUT2D eigenvalue weighted by Gasteiger charge is -2.33. The second kappa shape index (κ2) is 6.38. The average Bonchev–Trinajstić information content (AvgIpc) is 2.37. The van der Waals surface area contributed by atoms with E-state index >= 15 is 0 Å². The summed E-state index contributed by atoms with van der Waals surface area (Å²) in [5, 5.41) is 3.58. The maximum atomic E-state index is 3.58. The molecule has 108 valence electrons. The SMILES string of the molecule is CC(C)NCC(C)(C)CN1CCCC(C)(C)CC1. The Hall–Kier alpha value is -0.0800. The quantitative estimate of drug-likeness (QED) is 0.807. The summed E-state index contributed by atoms with van der Waals surface area (Å²) in [4.78, 5) is 2.68. The second-order valence-electron chi connectivity index (χ2n) is 7.99. The van der Waals surface area contributed by atoms with Crippen LogP contribution >= 0.6 is 0 Å². The first-order chi connectivity index (χ1) is 8.20. The van der Waals surface area contributed by atoms with Crippen LogP contribution in [-0.4, -0.2) is 37.1 Å². The van der Waals surface area contributed by atoms with Crippen molar-refractivity contribution in [2.75, 3.05) is 26.2 Å². The zero-order valence-electron chi connectivity index (χ0n) is 13.5. The number of nitrogens with one attached hydrogen (secondary N) is 1. The third-order valence-electron chi connectivity index (χ3n) is 4.07. The number of nitrogens with zero attached hydrogens (tertiary/aromatic N) is 1. The molecule has 0 aromatic heterocycles. The molecule has 0 atom stereocenters. The Labute approximate surface area is 115 Å². The smallest absolute Gasteiger partial charge is 0.00448 e. The molecule has 0 amide bonds. The van der Waals surface area contributed by atoms with Crippen molar-refractivity contribution < 1.29 is 0 Å². The van der Waals surface area contributed by atoms with Gasteiger partial charge in [-0.2, -0.15) is 0 Å². The molecule has 1 heterocycles. The van der Waals surface area contributed by atoms with Crippen molar-refractivity contribution in [3.05, 3.63) is 0 Å². The molecular weight excluding hydrogens is 220 g/mol. The summed E-state index contributed by atoms with van der Waals surface area (Å²) in [6.45, 7) is 19.0. The minimum Gasteiger partial charge on any atom is -0.314 e. The van der Waals surface area contributed by atoms with Gasteiger partial charge in [-0.25, -0.2) is 0 Å².